The highest BCUT2D eigenvalue weighted by Crippen LogP contribution is 2.22. The molecule has 0 spiro atoms. The summed E-state index contributed by atoms with van der Waals surface area (Å²) in [6.45, 7) is 2.66. The molecule has 0 bridgehead atoms. The van der Waals surface area contributed by atoms with E-state index in [1.165, 1.54) is 0 Å². The van der Waals surface area contributed by atoms with Crippen LogP contribution in [0.2, 0.25) is 0 Å². The van der Waals surface area contributed by atoms with E-state index in [0.717, 1.165) is 35.5 Å². The van der Waals surface area contributed by atoms with Gasteiger partial charge >= 0.3 is 0 Å². The summed E-state index contributed by atoms with van der Waals surface area (Å²) in [5, 5.41) is 3.05. The van der Waals surface area contributed by atoms with E-state index in [-0.39, 0.29) is 6.04 Å². The second-order valence-corrected chi connectivity index (χ2v) is 7.84. The van der Waals surface area contributed by atoms with Crippen LogP contribution >= 0.6 is 11.8 Å². The first-order valence-electron chi connectivity index (χ1n) is 6.93. The molecule has 2 rings (SSSR count). The van der Waals surface area contributed by atoms with Crippen LogP contribution in [0.15, 0.2) is 23.1 Å². The van der Waals surface area contributed by atoms with Crippen LogP contribution in [-0.2, 0) is 23.0 Å². The predicted octanol–water partition coefficient (Wildman–Crippen LogP) is 1.75. The molecule has 1 fully saturated rings. The van der Waals surface area contributed by atoms with Crippen molar-refractivity contribution < 1.29 is 8.42 Å². The Kier molecular flexibility index (Phi) is 5.49. The molecule has 1 heterocycles. The van der Waals surface area contributed by atoms with Gasteiger partial charge in [0, 0.05) is 18.3 Å². The lowest BCUT2D eigenvalue weighted by atomic mass is 10.1. The van der Waals surface area contributed by atoms with E-state index in [1.807, 2.05) is 26.1 Å². The van der Waals surface area contributed by atoms with Crippen molar-refractivity contribution in [1.29, 1.82) is 0 Å². The Morgan fingerprint density at radius 1 is 1.40 bits per heavy atom. The summed E-state index contributed by atoms with van der Waals surface area (Å²) in [6, 6.07) is 5.77. The molecule has 1 aromatic carbocycles. The number of thioether (sulfide) groups is 1. The van der Waals surface area contributed by atoms with Crippen LogP contribution in [-0.4, -0.2) is 33.0 Å². The summed E-state index contributed by atoms with van der Waals surface area (Å²) in [4.78, 5) is 0.435. The van der Waals surface area contributed by atoms with Crippen molar-refractivity contribution in [2.75, 3.05) is 18.6 Å². The normalized spacial score (nSPS) is 19.4. The molecule has 1 aromatic rings. The van der Waals surface area contributed by atoms with E-state index in [0.29, 0.717) is 11.4 Å². The molecule has 0 saturated carbocycles. The smallest absolute Gasteiger partial charge is 0.241 e. The molecule has 1 unspecified atom stereocenters. The van der Waals surface area contributed by atoms with Crippen molar-refractivity contribution >= 4 is 21.8 Å². The van der Waals surface area contributed by atoms with Gasteiger partial charge in [-0.2, -0.15) is 11.8 Å². The molecule has 2 N–H and O–H groups in total. The van der Waals surface area contributed by atoms with Gasteiger partial charge in [-0.3, -0.25) is 0 Å². The predicted molar refractivity (Wildman–Crippen MR) is 84.6 cm³/mol. The van der Waals surface area contributed by atoms with Gasteiger partial charge in [0.05, 0.1) is 4.90 Å². The molecular formula is C14H22N2O2S2. The fourth-order valence-electron chi connectivity index (χ4n) is 2.37. The third-order valence-electron chi connectivity index (χ3n) is 3.43. The number of hydrogen-bond acceptors (Lipinski definition) is 4. The van der Waals surface area contributed by atoms with Gasteiger partial charge in [-0.15, -0.1) is 0 Å². The Labute approximate surface area is 125 Å². The van der Waals surface area contributed by atoms with Crippen molar-refractivity contribution in [3.63, 3.8) is 0 Å². The van der Waals surface area contributed by atoms with Gasteiger partial charge in [0.25, 0.3) is 0 Å². The molecule has 6 heteroatoms. The van der Waals surface area contributed by atoms with E-state index in [2.05, 4.69) is 10.0 Å². The maximum atomic E-state index is 12.6. The lowest BCUT2D eigenvalue weighted by Crippen LogP contribution is -2.35. The van der Waals surface area contributed by atoms with Crippen molar-refractivity contribution in [3.05, 3.63) is 29.3 Å². The largest absolute Gasteiger partial charge is 0.316 e. The van der Waals surface area contributed by atoms with Crippen LogP contribution in [0.4, 0.5) is 0 Å². The number of rotatable bonds is 6. The topological polar surface area (TPSA) is 58.2 Å². The van der Waals surface area contributed by atoms with E-state index < -0.39 is 10.0 Å². The zero-order valence-corrected chi connectivity index (χ0v) is 13.6. The Balaban J connectivity index is 2.29. The fraction of sp³-hybridized carbons (Fsp3) is 0.571. The molecule has 1 atom stereocenters. The van der Waals surface area contributed by atoms with Crippen molar-refractivity contribution in [2.24, 2.45) is 0 Å². The van der Waals surface area contributed by atoms with Crippen molar-refractivity contribution in [1.82, 2.24) is 10.0 Å². The number of hydrogen-bond donors (Lipinski definition) is 2. The van der Waals surface area contributed by atoms with E-state index in [4.69, 9.17) is 0 Å². The SMILES string of the molecule is CCc1ccc(CNC)cc1S(=O)(=O)NC1CCSC1. The Bertz CT molecular complexity index is 552. The molecule has 0 amide bonds. The van der Waals surface area contributed by atoms with E-state index in [9.17, 15) is 8.42 Å². The third-order valence-corrected chi connectivity index (χ3v) is 6.20. The molecular weight excluding hydrogens is 292 g/mol. The van der Waals surface area contributed by atoms with Crippen LogP contribution < -0.4 is 10.0 Å². The molecule has 0 radical (unpaired) electrons. The fourth-order valence-corrected chi connectivity index (χ4v) is 5.25. The number of benzene rings is 1. The molecule has 1 aliphatic heterocycles. The Morgan fingerprint density at radius 3 is 2.80 bits per heavy atom. The zero-order valence-electron chi connectivity index (χ0n) is 12.0. The molecule has 0 aliphatic carbocycles. The summed E-state index contributed by atoms with van der Waals surface area (Å²) in [7, 11) is -1.56. The maximum Gasteiger partial charge on any atom is 0.241 e. The summed E-state index contributed by atoms with van der Waals surface area (Å²) >= 11 is 1.80. The highest BCUT2D eigenvalue weighted by molar-refractivity contribution is 7.99. The van der Waals surface area contributed by atoms with Gasteiger partial charge in [-0.05, 0) is 42.8 Å². The number of nitrogens with one attached hydrogen (secondary N) is 2. The highest BCUT2D eigenvalue weighted by Gasteiger charge is 2.25. The Morgan fingerprint density at radius 2 is 2.20 bits per heavy atom. The van der Waals surface area contributed by atoms with Gasteiger partial charge in [0.2, 0.25) is 10.0 Å². The first-order valence-corrected chi connectivity index (χ1v) is 9.57. The van der Waals surface area contributed by atoms with Crippen molar-refractivity contribution in [2.45, 2.75) is 37.2 Å². The van der Waals surface area contributed by atoms with Crippen LogP contribution in [0.1, 0.15) is 24.5 Å². The van der Waals surface area contributed by atoms with Gasteiger partial charge in [-0.1, -0.05) is 19.1 Å². The highest BCUT2D eigenvalue weighted by atomic mass is 32.2. The average Bonchev–Trinajstić information content (AvgIpc) is 2.91. The quantitative estimate of drug-likeness (QED) is 0.840. The third kappa shape index (κ3) is 3.75. The first kappa shape index (κ1) is 15.8. The van der Waals surface area contributed by atoms with Crippen LogP contribution in [0.5, 0.6) is 0 Å². The second kappa shape index (κ2) is 6.93. The van der Waals surface area contributed by atoms with Crippen molar-refractivity contribution in [3.8, 4) is 0 Å². The lowest BCUT2D eigenvalue weighted by molar-refractivity contribution is 0.562. The zero-order chi connectivity index (χ0) is 14.6. The summed E-state index contributed by atoms with van der Waals surface area (Å²) in [6.07, 6.45) is 1.64. The van der Waals surface area contributed by atoms with Crippen LogP contribution in [0, 0.1) is 0 Å². The van der Waals surface area contributed by atoms with Gasteiger partial charge in [0.15, 0.2) is 0 Å². The van der Waals surface area contributed by atoms with Crippen LogP contribution in [0.25, 0.3) is 0 Å². The molecule has 20 heavy (non-hydrogen) atoms. The average molecular weight is 314 g/mol. The van der Waals surface area contributed by atoms with Gasteiger partial charge in [0.1, 0.15) is 0 Å². The molecule has 4 nitrogen and oxygen atoms in total. The monoisotopic (exact) mass is 314 g/mol. The Hall–Kier alpha value is -0.560. The second-order valence-electron chi connectivity index (χ2n) is 5.01. The van der Waals surface area contributed by atoms with Gasteiger partial charge in [-0.25, -0.2) is 13.1 Å². The minimum atomic E-state index is -3.42. The summed E-state index contributed by atoms with van der Waals surface area (Å²) < 4.78 is 28.0. The van der Waals surface area contributed by atoms with Crippen LogP contribution in [0.3, 0.4) is 0 Å². The molecule has 0 aromatic heterocycles. The molecule has 1 aliphatic rings. The standard InChI is InChI=1S/C14H22N2O2S2/c1-3-12-5-4-11(9-15-2)8-14(12)20(17,18)16-13-6-7-19-10-13/h4-5,8,13,15-16H,3,6-7,9-10H2,1-2H3. The minimum absolute atomic E-state index is 0.0719. The summed E-state index contributed by atoms with van der Waals surface area (Å²) in [5.74, 6) is 1.91. The van der Waals surface area contributed by atoms with Gasteiger partial charge < -0.3 is 5.32 Å². The van der Waals surface area contributed by atoms with E-state index in [1.54, 1.807) is 17.8 Å². The first-order chi connectivity index (χ1) is 9.56. The number of aryl methyl sites for hydroxylation is 1. The molecule has 1 saturated heterocycles. The summed E-state index contributed by atoms with van der Waals surface area (Å²) in [5.41, 5.74) is 1.87. The number of sulfonamides is 1. The maximum absolute atomic E-state index is 12.6. The minimum Gasteiger partial charge on any atom is -0.316 e. The van der Waals surface area contributed by atoms with E-state index >= 15 is 0 Å². The molecule has 112 valence electrons. The lowest BCUT2D eigenvalue weighted by Gasteiger charge is -2.15.